The molecule has 0 amide bonds. The van der Waals surface area contributed by atoms with Gasteiger partial charge in [0.25, 0.3) is 0 Å². The zero-order valence-corrected chi connectivity index (χ0v) is 20.1. The highest BCUT2D eigenvalue weighted by atomic mass is 16.6. The largest absolute Gasteiger partial charge is 0.493 e. The lowest BCUT2D eigenvalue weighted by atomic mass is 9.85. The highest BCUT2D eigenvalue weighted by molar-refractivity contribution is 6.12. The molecular formula is C27H32N2O5. The van der Waals surface area contributed by atoms with Crippen molar-refractivity contribution in [2.24, 2.45) is 5.73 Å². The molecule has 3 aromatic rings. The number of rotatable bonds is 7. The number of nitrogens with two attached hydrogens (primary N) is 1. The average Bonchev–Trinajstić information content (AvgIpc) is 3.32. The molecule has 0 spiro atoms. The number of nitrogens with zero attached hydrogens (tertiary/aromatic N) is 1. The molecule has 2 aliphatic heterocycles. The van der Waals surface area contributed by atoms with Gasteiger partial charge in [0.05, 0.1) is 14.2 Å². The summed E-state index contributed by atoms with van der Waals surface area (Å²) in [5.41, 5.74) is 8.35. The summed E-state index contributed by atoms with van der Waals surface area (Å²) in [4.78, 5) is 14.2. The van der Waals surface area contributed by atoms with Gasteiger partial charge in [-0.15, -0.1) is 0 Å². The van der Waals surface area contributed by atoms with Crippen LogP contribution in [0.5, 0.6) is 17.2 Å². The fraction of sp³-hybridized carbons (Fsp3) is 0.444. The first-order valence-corrected chi connectivity index (χ1v) is 11.9. The first-order valence-electron chi connectivity index (χ1n) is 11.9. The van der Waals surface area contributed by atoms with E-state index in [9.17, 15) is 4.79 Å². The molecule has 0 saturated carbocycles. The number of esters is 1. The van der Waals surface area contributed by atoms with Gasteiger partial charge < -0.3 is 24.7 Å². The number of hydrogen-bond acceptors (Lipinski definition) is 7. The fourth-order valence-electron chi connectivity index (χ4n) is 5.40. The molecule has 1 fully saturated rings. The van der Waals surface area contributed by atoms with Gasteiger partial charge in [-0.05, 0) is 89.7 Å². The number of benzene rings is 3. The predicted molar refractivity (Wildman–Crippen MR) is 132 cm³/mol. The second-order valence-corrected chi connectivity index (χ2v) is 9.19. The van der Waals surface area contributed by atoms with Crippen LogP contribution in [0, 0.1) is 0 Å². The normalized spacial score (nSPS) is 18.4. The van der Waals surface area contributed by atoms with Crippen LogP contribution in [0.1, 0.15) is 30.9 Å². The number of ether oxygens (including phenoxy) is 4. The molecule has 0 unspecified atom stereocenters. The van der Waals surface area contributed by atoms with E-state index in [0.717, 1.165) is 41.8 Å². The molecular weight excluding hydrogens is 432 g/mol. The zero-order chi connectivity index (χ0) is 23.8. The number of methoxy groups -OCH3 is 2. The van der Waals surface area contributed by atoms with E-state index in [4.69, 9.17) is 24.7 Å². The molecule has 3 aromatic carbocycles. The van der Waals surface area contributed by atoms with Crippen LogP contribution >= 0.6 is 0 Å². The molecule has 34 heavy (non-hydrogen) atoms. The van der Waals surface area contributed by atoms with Gasteiger partial charge in [-0.3, -0.25) is 9.69 Å². The molecule has 5 rings (SSSR count). The quantitative estimate of drug-likeness (QED) is 0.323. The highest BCUT2D eigenvalue weighted by Crippen LogP contribution is 2.44. The molecule has 0 bridgehead atoms. The predicted octanol–water partition coefficient (Wildman–Crippen LogP) is 3.80. The van der Waals surface area contributed by atoms with Crippen molar-refractivity contribution in [3.8, 4) is 17.2 Å². The van der Waals surface area contributed by atoms with Crippen molar-refractivity contribution in [1.82, 2.24) is 4.90 Å². The molecule has 0 aromatic heterocycles. The van der Waals surface area contributed by atoms with E-state index in [2.05, 4.69) is 29.2 Å². The van der Waals surface area contributed by atoms with Crippen LogP contribution in [0.15, 0.2) is 30.3 Å². The van der Waals surface area contributed by atoms with Crippen molar-refractivity contribution in [3.63, 3.8) is 0 Å². The molecule has 7 heteroatoms. The van der Waals surface area contributed by atoms with Crippen molar-refractivity contribution in [3.05, 3.63) is 41.5 Å². The van der Waals surface area contributed by atoms with Crippen LogP contribution in [0.2, 0.25) is 0 Å². The van der Waals surface area contributed by atoms with Crippen molar-refractivity contribution >= 4 is 27.5 Å². The lowest BCUT2D eigenvalue weighted by Gasteiger charge is -2.33. The van der Waals surface area contributed by atoms with Crippen LogP contribution < -0.4 is 19.9 Å². The Hall–Kier alpha value is -3.03. The van der Waals surface area contributed by atoms with Gasteiger partial charge in [-0.1, -0.05) is 6.07 Å². The Morgan fingerprint density at radius 2 is 1.76 bits per heavy atom. The summed E-state index contributed by atoms with van der Waals surface area (Å²) in [6.45, 7) is 4.15. The van der Waals surface area contributed by atoms with Crippen molar-refractivity contribution in [2.45, 2.75) is 44.8 Å². The maximum absolute atomic E-state index is 11.6. The summed E-state index contributed by atoms with van der Waals surface area (Å²) in [7, 11) is 3.35. The van der Waals surface area contributed by atoms with E-state index in [-0.39, 0.29) is 13.2 Å². The molecule has 7 nitrogen and oxygen atoms in total. The van der Waals surface area contributed by atoms with Crippen molar-refractivity contribution < 1.29 is 23.7 Å². The summed E-state index contributed by atoms with van der Waals surface area (Å²) in [5, 5.41) is 4.72. The number of carbonyl (C=O) groups excluding carboxylic acids is 1. The number of hydrogen-bond donors (Lipinski definition) is 1. The van der Waals surface area contributed by atoms with Gasteiger partial charge in [0.15, 0.2) is 11.5 Å². The van der Waals surface area contributed by atoms with Gasteiger partial charge in [0, 0.05) is 12.6 Å². The smallest absolute Gasteiger partial charge is 0.322 e. The number of carbonyl (C=O) groups is 1. The average molecular weight is 465 g/mol. The Morgan fingerprint density at radius 1 is 1.03 bits per heavy atom. The molecule has 2 N–H and O–H groups in total. The Bertz CT molecular complexity index is 1240. The first kappa shape index (κ1) is 22.7. The lowest BCUT2D eigenvalue weighted by molar-refractivity contribution is -0.145. The minimum atomic E-state index is -0.639. The zero-order valence-electron chi connectivity index (χ0n) is 20.1. The van der Waals surface area contributed by atoms with Crippen LogP contribution in [0.4, 0.5) is 0 Å². The van der Waals surface area contributed by atoms with Gasteiger partial charge >= 0.3 is 5.97 Å². The van der Waals surface area contributed by atoms with Gasteiger partial charge in [-0.25, -0.2) is 0 Å². The SMILES string of the molecule is COc1cc2c3c(c4ccc(OCCOC(=O)[C@H](C)N)cc4c2cc1OC)CN1CCC[C@H]1C3. The fourth-order valence-corrected chi connectivity index (χ4v) is 5.40. The monoisotopic (exact) mass is 464 g/mol. The van der Waals surface area contributed by atoms with E-state index < -0.39 is 12.0 Å². The Morgan fingerprint density at radius 3 is 2.50 bits per heavy atom. The summed E-state index contributed by atoms with van der Waals surface area (Å²) >= 11 is 0. The third-order valence-electron chi connectivity index (χ3n) is 7.09. The Balaban J connectivity index is 1.57. The van der Waals surface area contributed by atoms with Crippen LogP contribution in [-0.4, -0.2) is 56.9 Å². The second-order valence-electron chi connectivity index (χ2n) is 9.19. The molecule has 2 aliphatic rings. The Labute approximate surface area is 199 Å². The molecule has 2 heterocycles. The highest BCUT2D eigenvalue weighted by Gasteiger charge is 2.32. The summed E-state index contributed by atoms with van der Waals surface area (Å²) in [5.74, 6) is 1.76. The standard InChI is InChI=1S/C27H32N2O5/c1-16(28)27(30)34-10-9-33-18-6-7-19-21(12-18)23-14-26(32-3)25(31-2)13-22(23)20-11-17-5-4-8-29(17)15-24(19)20/h6-7,12-14,16-17H,4-5,8-11,15,28H2,1-3H3/t16-,17-/m0/s1. The molecule has 0 aliphatic carbocycles. The van der Waals surface area contributed by atoms with Gasteiger partial charge in [0.2, 0.25) is 0 Å². The molecule has 180 valence electrons. The Kier molecular flexibility index (Phi) is 6.23. The van der Waals surface area contributed by atoms with E-state index >= 15 is 0 Å². The van der Waals surface area contributed by atoms with Crippen LogP contribution in [-0.2, 0) is 22.5 Å². The minimum Gasteiger partial charge on any atom is -0.493 e. The van der Waals surface area contributed by atoms with Crippen LogP contribution in [0.3, 0.4) is 0 Å². The van der Waals surface area contributed by atoms with E-state index in [1.807, 2.05) is 6.07 Å². The van der Waals surface area contributed by atoms with E-state index in [1.54, 1.807) is 21.1 Å². The van der Waals surface area contributed by atoms with Gasteiger partial charge in [0.1, 0.15) is 25.0 Å². The molecule has 0 radical (unpaired) electrons. The second kappa shape index (κ2) is 9.31. The minimum absolute atomic E-state index is 0.157. The first-order chi connectivity index (χ1) is 16.5. The topological polar surface area (TPSA) is 83.2 Å². The third-order valence-corrected chi connectivity index (χ3v) is 7.09. The van der Waals surface area contributed by atoms with Crippen molar-refractivity contribution in [1.29, 1.82) is 0 Å². The summed E-state index contributed by atoms with van der Waals surface area (Å²) in [6.07, 6.45) is 3.57. The summed E-state index contributed by atoms with van der Waals surface area (Å²) < 4.78 is 22.3. The molecule has 2 atom stereocenters. The van der Waals surface area contributed by atoms with E-state index in [0.29, 0.717) is 11.8 Å². The lowest BCUT2D eigenvalue weighted by Crippen LogP contribution is -2.35. The van der Waals surface area contributed by atoms with E-state index in [1.165, 1.54) is 34.7 Å². The van der Waals surface area contributed by atoms with Crippen LogP contribution in [0.25, 0.3) is 21.5 Å². The summed E-state index contributed by atoms with van der Waals surface area (Å²) in [6, 6.07) is 10.4. The van der Waals surface area contributed by atoms with Crippen molar-refractivity contribution in [2.75, 3.05) is 34.0 Å². The molecule has 1 saturated heterocycles. The maximum atomic E-state index is 11.6. The number of fused-ring (bicyclic) bond motifs is 7. The maximum Gasteiger partial charge on any atom is 0.322 e. The van der Waals surface area contributed by atoms with Gasteiger partial charge in [-0.2, -0.15) is 0 Å². The third kappa shape index (κ3) is 4.03.